The van der Waals surface area contributed by atoms with Gasteiger partial charge in [-0.1, -0.05) is 49.4 Å². The minimum absolute atomic E-state index is 0.0557. The second-order valence-electron chi connectivity index (χ2n) is 6.67. The van der Waals surface area contributed by atoms with Crippen molar-refractivity contribution in [1.29, 1.82) is 0 Å². The molecule has 4 nitrogen and oxygen atoms in total. The molecule has 3 aromatic carbocycles. The Hall–Kier alpha value is -3.40. The van der Waals surface area contributed by atoms with Crippen molar-refractivity contribution in [2.75, 3.05) is 6.54 Å². The highest BCUT2D eigenvalue weighted by atomic mass is 16.1. The Balaban J connectivity index is 1.45. The molecule has 1 N–H and O–H groups in total. The van der Waals surface area contributed by atoms with E-state index < -0.39 is 0 Å². The average molecular weight is 355 g/mol. The van der Waals surface area contributed by atoms with Crippen LogP contribution < -0.4 is 5.32 Å². The van der Waals surface area contributed by atoms with Gasteiger partial charge < -0.3 is 5.32 Å². The number of hydrogen-bond donors (Lipinski definition) is 1. The van der Waals surface area contributed by atoms with Gasteiger partial charge in [0.05, 0.1) is 11.0 Å². The van der Waals surface area contributed by atoms with E-state index in [1.165, 1.54) is 5.56 Å². The molecule has 0 saturated carbocycles. The second-order valence-corrected chi connectivity index (χ2v) is 6.67. The Morgan fingerprint density at radius 1 is 0.963 bits per heavy atom. The van der Waals surface area contributed by atoms with E-state index in [4.69, 9.17) is 0 Å². The molecule has 1 unspecified atom stereocenters. The molecule has 1 atom stereocenters. The summed E-state index contributed by atoms with van der Waals surface area (Å²) in [6, 6.07) is 25.8. The molecule has 0 aliphatic rings. The summed E-state index contributed by atoms with van der Waals surface area (Å²) in [5.41, 5.74) is 4.86. The van der Waals surface area contributed by atoms with Crippen molar-refractivity contribution in [3.8, 4) is 5.69 Å². The highest BCUT2D eigenvalue weighted by Gasteiger charge is 2.10. The first kappa shape index (κ1) is 17.0. The summed E-state index contributed by atoms with van der Waals surface area (Å²) >= 11 is 0. The monoisotopic (exact) mass is 355 g/mol. The number of benzene rings is 3. The molecular weight excluding hydrogens is 334 g/mol. The van der Waals surface area contributed by atoms with Crippen LogP contribution in [0.4, 0.5) is 0 Å². The Morgan fingerprint density at radius 2 is 1.67 bits per heavy atom. The van der Waals surface area contributed by atoms with Crippen molar-refractivity contribution in [2.45, 2.75) is 12.8 Å². The van der Waals surface area contributed by atoms with Crippen molar-refractivity contribution in [3.63, 3.8) is 0 Å². The van der Waals surface area contributed by atoms with Crippen LogP contribution >= 0.6 is 0 Å². The molecule has 0 saturated heterocycles. The third-order valence-electron chi connectivity index (χ3n) is 4.80. The topological polar surface area (TPSA) is 46.9 Å². The van der Waals surface area contributed by atoms with Gasteiger partial charge in [0.15, 0.2) is 0 Å². The van der Waals surface area contributed by atoms with Crippen LogP contribution in [0.2, 0.25) is 0 Å². The van der Waals surface area contributed by atoms with Gasteiger partial charge in [-0.05, 0) is 47.9 Å². The maximum atomic E-state index is 12.5. The normalized spacial score (nSPS) is 12.0. The van der Waals surface area contributed by atoms with E-state index in [9.17, 15) is 4.79 Å². The summed E-state index contributed by atoms with van der Waals surface area (Å²) in [4.78, 5) is 16.9. The highest BCUT2D eigenvalue weighted by molar-refractivity contribution is 5.94. The number of amides is 1. The van der Waals surface area contributed by atoms with E-state index >= 15 is 0 Å². The lowest BCUT2D eigenvalue weighted by atomic mass is 10.0. The fraction of sp³-hybridized carbons (Fsp3) is 0.130. The summed E-state index contributed by atoms with van der Waals surface area (Å²) < 4.78 is 2.02. The molecule has 0 bridgehead atoms. The van der Waals surface area contributed by atoms with E-state index in [1.54, 1.807) is 6.33 Å². The number of nitrogens with one attached hydrogen (secondary N) is 1. The lowest BCUT2D eigenvalue weighted by Crippen LogP contribution is -2.27. The number of rotatable bonds is 5. The number of imidazole rings is 1. The summed E-state index contributed by atoms with van der Waals surface area (Å²) in [6.45, 7) is 2.72. The summed E-state index contributed by atoms with van der Waals surface area (Å²) in [5.74, 6) is 0.214. The van der Waals surface area contributed by atoms with E-state index in [1.807, 2.05) is 71.3 Å². The number of hydrogen-bond acceptors (Lipinski definition) is 2. The molecule has 134 valence electrons. The largest absolute Gasteiger partial charge is 0.351 e. The van der Waals surface area contributed by atoms with E-state index in [0.29, 0.717) is 12.1 Å². The Morgan fingerprint density at radius 3 is 2.44 bits per heavy atom. The molecule has 4 aromatic rings. The maximum Gasteiger partial charge on any atom is 0.251 e. The fourth-order valence-corrected chi connectivity index (χ4v) is 3.19. The smallest absolute Gasteiger partial charge is 0.251 e. The van der Waals surface area contributed by atoms with Crippen LogP contribution in [0.5, 0.6) is 0 Å². The van der Waals surface area contributed by atoms with Gasteiger partial charge >= 0.3 is 0 Å². The van der Waals surface area contributed by atoms with Gasteiger partial charge in [-0.15, -0.1) is 0 Å². The number of carbonyl (C=O) groups is 1. The zero-order chi connectivity index (χ0) is 18.6. The van der Waals surface area contributed by atoms with Gasteiger partial charge in [-0.2, -0.15) is 0 Å². The zero-order valence-corrected chi connectivity index (χ0v) is 15.2. The highest BCUT2D eigenvalue weighted by Crippen LogP contribution is 2.18. The van der Waals surface area contributed by atoms with Crippen LogP contribution in [0.15, 0.2) is 85.2 Å². The molecule has 0 spiro atoms. The number of aromatic nitrogens is 2. The van der Waals surface area contributed by atoms with Gasteiger partial charge in [0.1, 0.15) is 6.33 Å². The summed E-state index contributed by atoms with van der Waals surface area (Å²) in [5, 5.41) is 3.02. The second kappa shape index (κ2) is 7.46. The van der Waals surface area contributed by atoms with Gasteiger partial charge in [0.25, 0.3) is 5.91 Å². The van der Waals surface area contributed by atoms with Crippen LogP contribution in [0.25, 0.3) is 16.7 Å². The van der Waals surface area contributed by atoms with Crippen LogP contribution in [0.3, 0.4) is 0 Å². The van der Waals surface area contributed by atoms with Gasteiger partial charge in [0, 0.05) is 17.8 Å². The molecule has 27 heavy (non-hydrogen) atoms. The van der Waals surface area contributed by atoms with Crippen molar-refractivity contribution >= 4 is 16.9 Å². The van der Waals surface area contributed by atoms with Crippen molar-refractivity contribution in [3.05, 3.63) is 96.3 Å². The van der Waals surface area contributed by atoms with Crippen molar-refractivity contribution < 1.29 is 4.79 Å². The van der Waals surface area contributed by atoms with Gasteiger partial charge in [0.2, 0.25) is 0 Å². The molecule has 1 amide bonds. The van der Waals surface area contributed by atoms with E-state index in [0.717, 1.165) is 16.7 Å². The molecule has 0 aliphatic heterocycles. The molecule has 0 radical (unpaired) electrons. The van der Waals surface area contributed by atoms with E-state index in [-0.39, 0.29) is 11.8 Å². The van der Waals surface area contributed by atoms with Gasteiger partial charge in [-0.25, -0.2) is 4.98 Å². The SMILES string of the molecule is CC(CNC(=O)c1ccc(-n2cnc3ccccc32)cc1)c1ccccc1. The summed E-state index contributed by atoms with van der Waals surface area (Å²) in [7, 11) is 0. The molecule has 0 aliphatic carbocycles. The molecule has 4 heteroatoms. The third-order valence-corrected chi connectivity index (χ3v) is 4.80. The minimum atomic E-state index is -0.0557. The zero-order valence-electron chi connectivity index (χ0n) is 15.2. The van der Waals surface area contributed by atoms with Crippen molar-refractivity contribution in [2.24, 2.45) is 0 Å². The first-order chi connectivity index (χ1) is 13.2. The third kappa shape index (κ3) is 3.60. The quantitative estimate of drug-likeness (QED) is 0.570. The summed E-state index contributed by atoms with van der Waals surface area (Å²) in [6.07, 6.45) is 1.81. The standard InChI is InChI=1S/C23H21N3O/c1-17(18-7-3-2-4-8-18)15-24-23(27)19-11-13-20(14-12-19)26-16-25-21-9-5-6-10-22(21)26/h2-14,16-17H,15H2,1H3,(H,24,27). The fourth-order valence-electron chi connectivity index (χ4n) is 3.19. The molecular formula is C23H21N3O. The number of nitrogens with zero attached hydrogens (tertiary/aromatic N) is 2. The predicted octanol–water partition coefficient (Wildman–Crippen LogP) is 4.56. The van der Waals surface area contributed by atoms with Crippen LogP contribution in [0.1, 0.15) is 28.8 Å². The minimum Gasteiger partial charge on any atom is -0.351 e. The van der Waals surface area contributed by atoms with Crippen LogP contribution in [0, 0.1) is 0 Å². The average Bonchev–Trinajstić information content (AvgIpc) is 3.16. The van der Waals surface area contributed by atoms with Gasteiger partial charge in [-0.3, -0.25) is 9.36 Å². The Bertz CT molecular complexity index is 1050. The predicted molar refractivity (Wildman–Crippen MR) is 108 cm³/mol. The van der Waals surface area contributed by atoms with Crippen LogP contribution in [-0.2, 0) is 0 Å². The Kier molecular flexibility index (Phi) is 4.71. The molecule has 4 rings (SSSR count). The van der Waals surface area contributed by atoms with E-state index in [2.05, 4.69) is 29.4 Å². The van der Waals surface area contributed by atoms with Crippen LogP contribution in [-0.4, -0.2) is 22.0 Å². The lowest BCUT2D eigenvalue weighted by Gasteiger charge is -2.13. The maximum absolute atomic E-state index is 12.5. The lowest BCUT2D eigenvalue weighted by molar-refractivity contribution is 0.0951. The number of para-hydroxylation sites is 2. The van der Waals surface area contributed by atoms with Crippen molar-refractivity contribution in [1.82, 2.24) is 14.9 Å². The number of carbonyl (C=O) groups excluding carboxylic acids is 1. The Labute approximate surface area is 158 Å². The first-order valence-electron chi connectivity index (χ1n) is 9.08. The molecule has 1 aromatic heterocycles. The molecule has 1 heterocycles. The number of fused-ring (bicyclic) bond motifs is 1. The first-order valence-corrected chi connectivity index (χ1v) is 9.08. The molecule has 0 fully saturated rings.